The lowest BCUT2D eigenvalue weighted by Gasteiger charge is -2.17. The number of benzene rings is 2. The molecule has 1 aromatic heterocycles. The quantitative estimate of drug-likeness (QED) is 0.671. The van der Waals surface area contributed by atoms with Crippen molar-refractivity contribution in [2.45, 2.75) is 20.4 Å². The molecule has 0 unspecified atom stereocenters. The van der Waals surface area contributed by atoms with E-state index in [0.717, 1.165) is 16.8 Å². The first-order chi connectivity index (χ1) is 12.4. The van der Waals surface area contributed by atoms with Crippen molar-refractivity contribution in [3.8, 4) is 0 Å². The predicted molar refractivity (Wildman–Crippen MR) is 101 cm³/mol. The summed E-state index contributed by atoms with van der Waals surface area (Å²) in [6, 6.07) is 13.8. The van der Waals surface area contributed by atoms with Crippen molar-refractivity contribution in [1.82, 2.24) is 9.78 Å². The second-order valence-electron chi connectivity index (χ2n) is 6.24. The number of carbonyl (C=O) groups excluding carboxylic acids is 1. The monoisotopic (exact) mass is 371 g/mol. The Hall–Kier alpha value is -2.66. The van der Waals surface area contributed by atoms with Gasteiger partial charge >= 0.3 is 0 Å². The zero-order chi connectivity index (χ0) is 18.8. The van der Waals surface area contributed by atoms with Crippen molar-refractivity contribution in [2.24, 2.45) is 0 Å². The number of aromatic nitrogens is 2. The van der Waals surface area contributed by atoms with E-state index in [4.69, 9.17) is 11.6 Å². The van der Waals surface area contributed by atoms with Crippen molar-refractivity contribution in [3.63, 3.8) is 0 Å². The van der Waals surface area contributed by atoms with Crippen LogP contribution in [0.25, 0.3) is 0 Å². The van der Waals surface area contributed by atoms with Gasteiger partial charge in [0.15, 0.2) is 0 Å². The van der Waals surface area contributed by atoms with Gasteiger partial charge in [0, 0.05) is 12.7 Å². The molecule has 2 aromatic carbocycles. The van der Waals surface area contributed by atoms with Gasteiger partial charge in [-0.1, -0.05) is 41.4 Å². The number of nitrogens with zero attached hydrogens (tertiary/aromatic N) is 3. The third-order valence-corrected chi connectivity index (χ3v) is 4.63. The minimum absolute atomic E-state index is 0.221. The molecule has 26 heavy (non-hydrogen) atoms. The number of aryl methyl sites for hydroxylation is 2. The van der Waals surface area contributed by atoms with Gasteiger partial charge in [-0.3, -0.25) is 4.79 Å². The summed E-state index contributed by atoms with van der Waals surface area (Å²) in [5.41, 5.74) is 3.68. The molecule has 0 aliphatic carbocycles. The van der Waals surface area contributed by atoms with Crippen LogP contribution in [-0.2, 0) is 6.54 Å². The number of carbonyl (C=O) groups is 1. The van der Waals surface area contributed by atoms with E-state index in [1.54, 1.807) is 35.7 Å². The second kappa shape index (κ2) is 7.30. The van der Waals surface area contributed by atoms with Crippen molar-refractivity contribution in [2.75, 3.05) is 11.9 Å². The van der Waals surface area contributed by atoms with Crippen LogP contribution in [0.1, 0.15) is 27.2 Å². The Morgan fingerprint density at radius 2 is 1.73 bits per heavy atom. The van der Waals surface area contributed by atoms with Gasteiger partial charge < -0.3 is 4.90 Å². The molecule has 0 saturated heterocycles. The average Bonchev–Trinajstić information content (AvgIpc) is 2.90. The summed E-state index contributed by atoms with van der Waals surface area (Å²) >= 11 is 6.44. The van der Waals surface area contributed by atoms with Crippen LogP contribution in [0, 0.1) is 19.7 Å². The summed E-state index contributed by atoms with van der Waals surface area (Å²) in [5.74, 6) is -0.520. The van der Waals surface area contributed by atoms with Crippen LogP contribution in [0.5, 0.6) is 0 Å². The zero-order valence-electron chi connectivity index (χ0n) is 14.8. The second-order valence-corrected chi connectivity index (χ2v) is 6.59. The Balaban J connectivity index is 1.88. The topological polar surface area (TPSA) is 38.1 Å². The van der Waals surface area contributed by atoms with E-state index >= 15 is 0 Å². The molecule has 0 atom stereocenters. The third-order valence-electron chi connectivity index (χ3n) is 4.25. The van der Waals surface area contributed by atoms with Gasteiger partial charge in [0.2, 0.25) is 0 Å². The molecular weight excluding hydrogens is 353 g/mol. The molecule has 1 amide bonds. The molecule has 0 aliphatic heterocycles. The van der Waals surface area contributed by atoms with Gasteiger partial charge in [-0.2, -0.15) is 5.10 Å². The largest absolute Gasteiger partial charge is 0.311 e. The SMILES string of the molecule is Cc1ccc(N(C)C(=O)c2c(C)nn(Cc3ccc(F)cc3)c2Cl)cc1. The van der Waals surface area contributed by atoms with Gasteiger partial charge in [0.25, 0.3) is 5.91 Å². The average molecular weight is 372 g/mol. The Kier molecular flexibility index (Phi) is 5.09. The van der Waals surface area contributed by atoms with Crippen molar-refractivity contribution in [1.29, 1.82) is 0 Å². The number of anilines is 1. The Morgan fingerprint density at radius 1 is 1.12 bits per heavy atom. The highest BCUT2D eigenvalue weighted by Gasteiger charge is 2.24. The van der Waals surface area contributed by atoms with E-state index < -0.39 is 0 Å². The van der Waals surface area contributed by atoms with Crippen molar-refractivity contribution < 1.29 is 9.18 Å². The van der Waals surface area contributed by atoms with Crippen LogP contribution in [0.4, 0.5) is 10.1 Å². The molecule has 4 nitrogen and oxygen atoms in total. The lowest BCUT2D eigenvalue weighted by atomic mass is 10.2. The molecular formula is C20H19ClFN3O. The fourth-order valence-electron chi connectivity index (χ4n) is 2.72. The van der Waals surface area contributed by atoms with Crippen LogP contribution in [0.2, 0.25) is 5.15 Å². The number of amides is 1. The lowest BCUT2D eigenvalue weighted by Crippen LogP contribution is -2.26. The minimum Gasteiger partial charge on any atom is -0.311 e. The standard InChI is InChI=1S/C20H19ClFN3O/c1-13-4-10-17(11-5-13)24(3)20(26)18-14(2)23-25(19(18)21)12-15-6-8-16(22)9-7-15/h4-11H,12H2,1-3H3. The number of rotatable bonds is 4. The van der Waals surface area contributed by atoms with E-state index in [9.17, 15) is 9.18 Å². The molecule has 0 fully saturated rings. The molecule has 0 aliphatic rings. The third kappa shape index (κ3) is 3.63. The van der Waals surface area contributed by atoms with Crippen LogP contribution >= 0.6 is 11.6 Å². The van der Waals surface area contributed by atoms with Crippen LogP contribution in [-0.4, -0.2) is 22.7 Å². The minimum atomic E-state index is -0.299. The summed E-state index contributed by atoms with van der Waals surface area (Å²) in [5, 5.41) is 4.66. The number of hydrogen-bond donors (Lipinski definition) is 0. The first-order valence-corrected chi connectivity index (χ1v) is 8.56. The molecule has 0 N–H and O–H groups in total. The van der Waals surface area contributed by atoms with E-state index in [-0.39, 0.29) is 16.9 Å². The summed E-state index contributed by atoms with van der Waals surface area (Å²) < 4.78 is 14.6. The molecule has 0 spiro atoms. The maximum absolute atomic E-state index is 13.1. The van der Waals surface area contributed by atoms with Crippen molar-refractivity contribution in [3.05, 3.63) is 81.9 Å². The summed E-state index contributed by atoms with van der Waals surface area (Å²) in [7, 11) is 1.71. The number of hydrogen-bond acceptors (Lipinski definition) is 2. The van der Waals surface area contributed by atoms with E-state index in [2.05, 4.69) is 5.10 Å². The van der Waals surface area contributed by atoms with Gasteiger partial charge in [-0.15, -0.1) is 0 Å². The van der Waals surface area contributed by atoms with Gasteiger partial charge in [0.1, 0.15) is 11.0 Å². The molecule has 134 valence electrons. The van der Waals surface area contributed by atoms with Crippen LogP contribution < -0.4 is 4.90 Å². The Bertz CT molecular complexity index is 933. The highest BCUT2D eigenvalue weighted by molar-refractivity contribution is 6.33. The van der Waals surface area contributed by atoms with E-state index in [1.165, 1.54) is 12.1 Å². The first-order valence-electron chi connectivity index (χ1n) is 8.19. The predicted octanol–water partition coefficient (Wildman–Crippen LogP) is 4.62. The number of halogens is 2. The summed E-state index contributed by atoms with van der Waals surface area (Å²) in [6.45, 7) is 4.11. The molecule has 3 rings (SSSR count). The Labute approximate surface area is 156 Å². The fraction of sp³-hybridized carbons (Fsp3) is 0.200. The summed E-state index contributed by atoms with van der Waals surface area (Å²) in [4.78, 5) is 14.5. The van der Waals surface area contributed by atoms with Crippen LogP contribution in [0.3, 0.4) is 0 Å². The molecule has 6 heteroatoms. The molecule has 0 bridgehead atoms. The van der Waals surface area contributed by atoms with Crippen LogP contribution in [0.15, 0.2) is 48.5 Å². The lowest BCUT2D eigenvalue weighted by molar-refractivity contribution is 0.0992. The highest BCUT2D eigenvalue weighted by atomic mass is 35.5. The molecule has 1 heterocycles. The van der Waals surface area contributed by atoms with Crippen molar-refractivity contribution >= 4 is 23.2 Å². The fourth-order valence-corrected chi connectivity index (χ4v) is 3.03. The normalized spacial score (nSPS) is 10.8. The molecule has 0 saturated carbocycles. The highest BCUT2D eigenvalue weighted by Crippen LogP contribution is 2.25. The zero-order valence-corrected chi connectivity index (χ0v) is 15.6. The molecule has 0 radical (unpaired) electrons. The van der Waals surface area contributed by atoms with Gasteiger partial charge in [-0.05, 0) is 43.7 Å². The van der Waals surface area contributed by atoms with E-state index in [0.29, 0.717) is 17.8 Å². The van der Waals surface area contributed by atoms with Gasteiger partial charge in [0.05, 0.1) is 17.8 Å². The maximum atomic E-state index is 13.1. The smallest absolute Gasteiger partial charge is 0.263 e. The van der Waals surface area contributed by atoms with Gasteiger partial charge in [-0.25, -0.2) is 9.07 Å². The van der Waals surface area contributed by atoms with E-state index in [1.807, 2.05) is 31.2 Å². The first kappa shape index (κ1) is 18.1. The molecule has 3 aromatic rings. The summed E-state index contributed by atoms with van der Waals surface area (Å²) in [6.07, 6.45) is 0. The maximum Gasteiger partial charge on any atom is 0.263 e. The Morgan fingerprint density at radius 3 is 2.35 bits per heavy atom.